The van der Waals surface area contributed by atoms with E-state index in [2.05, 4.69) is 5.32 Å². The Morgan fingerprint density at radius 2 is 1.95 bits per heavy atom. The molecule has 5 heteroatoms. The van der Waals surface area contributed by atoms with Gasteiger partial charge in [0, 0.05) is 12.1 Å². The van der Waals surface area contributed by atoms with Crippen molar-refractivity contribution < 1.29 is 19.7 Å². The Labute approximate surface area is 119 Å². The minimum Gasteiger partial charge on any atom is -0.454 e. The van der Waals surface area contributed by atoms with E-state index in [-0.39, 0.29) is 18.9 Å². The lowest BCUT2D eigenvalue weighted by atomic mass is 9.93. The summed E-state index contributed by atoms with van der Waals surface area (Å²) in [6.07, 6.45) is 0.982. The van der Waals surface area contributed by atoms with Crippen molar-refractivity contribution >= 4 is 0 Å². The van der Waals surface area contributed by atoms with Crippen molar-refractivity contribution in [3.8, 4) is 11.5 Å². The Morgan fingerprint density at radius 1 is 1.25 bits per heavy atom. The number of β-amino-alcohol motifs (C(OH)–C–C–N with tert-alkyl or cyclic N) is 1. The fourth-order valence-corrected chi connectivity index (χ4v) is 2.33. The molecule has 1 atom stereocenters. The first-order valence-corrected chi connectivity index (χ1v) is 7.07. The Kier molecular flexibility index (Phi) is 4.86. The fraction of sp³-hybridized carbons (Fsp3) is 0.600. The molecule has 20 heavy (non-hydrogen) atoms. The van der Waals surface area contributed by atoms with Crippen LogP contribution in [0.3, 0.4) is 0 Å². The van der Waals surface area contributed by atoms with Crippen LogP contribution in [-0.4, -0.2) is 35.7 Å². The summed E-state index contributed by atoms with van der Waals surface area (Å²) in [7, 11) is 0. The first-order valence-electron chi connectivity index (χ1n) is 7.07. The van der Waals surface area contributed by atoms with Gasteiger partial charge in [-0.05, 0) is 30.5 Å². The SMILES string of the molecule is CCC(CC)(CO)NCC(O)c1ccc2c(c1)OCO2. The van der Waals surface area contributed by atoms with Gasteiger partial charge >= 0.3 is 0 Å². The van der Waals surface area contributed by atoms with Crippen LogP contribution in [0.1, 0.15) is 38.4 Å². The highest BCUT2D eigenvalue weighted by Gasteiger charge is 2.26. The zero-order valence-corrected chi connectivity index (χ0v) is 12.1. The summed E-state index contributed by atoms with van der Waals surface area (Å²) in [6.45, 7) is 4.74. The van der Waals surface area contributed by atoms with Crippen LogP contribution in [0.5, 0.6) is 11.5 Å². The predicted molar refractivity (Wildman–Crippen MR) is 75.9 cm³/mol. The third kappa shape index (κ3) is 3.06. The Balaban J connectivity index is 1.99. The van der Waals surface area contributed by atoms with E-state index in [1.807, 2.05) is 19.9 Å². The normalized spacial score (nSPS) is 15.4. The zero-order chi connectivity index (χ0) is 14.6. The highest BCUT2D eigenvalue weighted by atomic mass is 16.7. The van der Waals surface area contributed by atoms with Gasteiger partial charge in [-0.1, -0.05) is 19.9 Å². The molecule has 0 aromatic heterocycles. The lowest BCUT2D eigenvalue weighted by molar-refractivity contribution is 0.114. The topological polar surface area (TPSA) is 71.0 Å². The average molecular weight is 281 g/mol. The molecule has 0 saturated heterocycles. The smallest absolute Gasteiger partial charge is 0.231 e. The van der Waals surface area contributed by atoms with Gasteiger partial charge in [0.2, 0.25) is 6.79 Å². The number of hydrogen-bond donors (Lipinski definition) is 3. The average Bonchev–Trinajstić information content (AvgIpc) is 2.96. The van der Waals surface area contributed by atoms with Crippen molar-refractivity contribution in [2.75, 3.05) is 19.9 Å². The van der Waals surface area contributed by atoms with Gasteiger partial charge in [-0.25, -0.2) is 0 Å². The number of rotatable bonds is 7. The molecule has 1 unspecified atom stereocenters. The number of ether oxygens (including phenoxy) is 2. The molecule has 1 heterocycles. The van der Waals surface area contributed by atoms with E-state index < -0.39 is 6.10 Å². The summed E-state index contributed by atoms with van der Waals surface area (Å²) in [6, 6.07) is 5.44. The van der Waals surface area contributed by atoms with Crippen molar-refractivity contribution in [1.82, 2.24) is 5.32 Å². The molecule has 0 amide bonds. The van der Waals surface area contributed by atoms with Crippen LogP contribution in [-0.2, 0) is 0 Å². The third-order valence-corrected chi connectivity index (χ3v) is 4.11. The Morgan fingerprint density at radius 3 is 2.60 bits per heavy atom. The molecule has 1 aromatic carbocycles. The lowest BCUT2D eigenvalue weighted by Gasteiger charge is -2.32. The van der Waals surface area contributed by atoms with Crippen molar-refractivity contribution in [3.63, 3.8) is 0 Å². The van der Waals surface area contributed by atoms with Gasteiger partial charge in [-0.3, -0.25) is 0 Å². The first kappa shape index (κ1) is 15.1. The molecule has 0 saturated carbocycles. The molecule has 3 N–H and O–H groups in total. The molecule has 1 aliphatic rings. The van der Waals surface area contributed by atoms with E-state index in [4.69, 9.17) is 9.47 Å². The number of hydrogen-bond acceptors (Lipinski definition) is 5. The maximum absolute atomic E-state index is 10.3. The third-order valence-electron chi connectivity index (χ3n) is 4.11. The highest BCUT2D eigenvalue weighted by molar-refractivity contribution is 5.45. The summed E-state index contributed by atoms with van der Waals surface area (Å²) in [5.74, 6) is 1.38. The van der Waals surface area contributed by atoms with Crippen LogP contribution in [0, 0.1) is 0 Å². The van der Waals surface area contributed by atoms with Crippen molar-refractivity contribution in [3.05, 3.63) is 23.8 Å². The van der Waals surface area contributed by atoms with Crippen LogP contribution < -0.4 is 14.8 Å². The Hall–Kier alpha value is -1.30. The second-order valence-corrected chi connectivity index (χ2v) is 5.15. The summed E-state index contributed by atoms with van der Waals surface area (Å²) >= 11 is 0. The number of benzene rings is 1. The molecular formula is C15H23NO4. The fourth-order valence-electron chi connectivity index (χ4n) is 2.33. The molecule has 0 spiro atoms. The molecule has 112 valence electrons. The van der Waals surface area contributed by atoms with E-state index in [1.54, 1.807) is 12.1 Å². The molecule has 0 fully saturated rings. The van der Waals surface area contributed by atoms with Gasteiger partial charge in [-0.15, -0.1) is 0 Å². The van der Waals surface area contributed by atoms with Crippen LogP contribution in [0.25, 0.3) is 0 Å². The van der Waals surface area contributed by atoms with Crippen LogP contribution >= 0.6 is 0 Å². The number of aliphatic hydroxyl groups excluding tert-OH is 2. The minimum atomic E-state index is -0.645. The van der Waals surface area contributed by atoms with Crippen molar-refractivity contribution in [2.24, 2.45) is 0 Å². The summed E-state index contributed by atoms with van der Waals surface area (Å²) in [5, 5.41) is 23.0. The van der Waals surface area contributed by atoms with E-state index >= 15 is 0 Å². The van der Waals surface area contributed by atoms with Crippen molar-refractivity contribution in [1.29, 1.82) is 0 Å². The van der Waals surface area contributed by atoms with E-state index in [9.17, 15) is 10.2 Å². The Bertz CT molecular complexity index is 437. The first-order chi connectivity index (χ1) is 9.64. The maximum Gasteiger partial charge on any atom is 0.231 e. The van der Waals surface area contributed by atoms with E-state index in [0.717, 1.165) is 18.4 Å². The second-order valence-electron chi connectivity index (χ2n) is 5.15. The van der Waals surface area contributed by atoms with Crippen LogP contribution in [0.4, 0.5) is 0 Å². The molecule has 0 bridgehead atoms. The quantitative estimate of drug-likeness (QED) is 0.708. The van der Waals surface area contributed by atoms with E-state index in [1.165, 1.54) is 0 Å². The highest BCUT2D eigenvalue weighted by Crippen LogP contribution is 2.34. The molecule has 1 aliphatic heterocycles. The molecule has 1 aromatic rings. The van der Waals surface area contributed by atoms with Crippen molar-refractivity contribution in [2.45, 2.75) is 38.3 Å². The van der Waals surface area contributed by atoms with Gasteiger partial charge < -0.3 is 25.0 Å². The molecule has 5 nitrogen and oxygen atoms in total. The van der Waals surface area contributed by atoms with Crippen LogP contribution in [0.2, 0.25) is 0 Å². The number of aliphatic hydroxyl groups is 2. The van der Waals surface area contributed by atoms with Gasteiger partial charge in [0.1, 0.15) is 0 Å². The number of nitrogens with one attached hydrogen (secondary N) is 1. The predicted octanol–water partition coefficient (Wildman–Crippen LogP) is 1.59. The largest absolute Gasteiger partial charge is 0.454 e. The minimum absolute atomic E-state index is 0.0634. The maximum atomic E-state index is 10.3. The molecule has 0 radical (unpaired) electrons. The molecule has 2 rings (SSSR count). The monoisotopic (exact) mass is 281 g/mol. The van der Waals surface area contributed by atoms with Crippen LogP contribution in [0.15, 0.2) is 18.2 Å². The van der Waals surface area contributed by atoms with Gasteiger partial charge in [0.25, 0.3) is 0 Å². The standard InChI is InChI=1S/C15H23NO4/c1-3-15(4-2,9-17)16-8-12(18)11-5-6-13-14(7-11)20-10-19-13/h5-7,12,16-18H,3-4,8-10H2,1-2H3. The van der Waals surface area contributed by atoms with E-state index in [0.29, 0.717) is 18.0 Å². The molecule has 0 aliphatic carbocycles. The summed E-state index contributed by atoms with van der Waals surface area (Å²) < 4.78 is 10.6. The van der Waals surface area contributed by atoms with Gasteiger partial charge in [0.15, 0.2) is 11.5 Å². The zero-order valence-electron chi connectivity index (χ0n) is 12.1. The summed E-state index contributed by atoms with van der Waals surface area (Å²) in [5.41, 5.74) is 0.456. The van der Waals surface area contributed by atoms with Gasteiger partial charge in [-0.2, -0.15) is 0 Å². The lowest BCUT2D eigenvalue weighted by Crippen LogP contribution is -2.49. The number of fused-ring (bicyclic) bond motifs is 1. The second kappa shape index (κ2) is 6.43. The van der Waals surface area contributed by atoms with Gasteiger partial charge in [0.05, 0.1) is 12.7 Å². The summed E-state index contributed by atoms with van der Waals surface area (Å²) in [4.78, 5) is 0. The molecular weight excluding hydrogens is 258 g/mol.